The fourth-order valence-corrected chi connectivity index (χ4v) is 3.71. The predicted octanol–water partition coefficient (Wildman–Crippen LogP) is 2.14. The quantitative estimate of drug-likeness (QED) is 0.681. The molecule has 0 spiro atoms. The van der Waals surface area contributed by atoms with Gasteiger partial charge in [0.15, 0.2) is 0 Å². The number of rotatable bonds is 9. The van der Waals surface area contributed by atoms with E-state index in [2.05, 4.69) is 4.72 Å². The fraction of sp³-hybridized carbons (Fsp3) is 0.533. The molecule has 0 bridgehead atoms. The van der Waals surface area contributed by atoms with Gasteiger partial charge in [-0.05, 0) is 31.0 Å². The van der Waals surface area contributed by atoms with E-state index >= 15 is 0 Å². The molecule has 1 aromatic carbocycles. The van der Waals surface area contributed by atoms with Crippen molar-refractivity contribution in [3.63, 3.8) is 0 Å². The Morgan fingerprint density at radius 2 is 1.96 bits per heavy atom. The molecular weight excluding hydrogens is 358 g/mol. The number of hydrogen-bond donors (Lipinski definition) is 2. The number of aliphatic carboxylic acids is 1. The molecule has 2 atom stereocenters. The number of hydrogen-bond acceptors (Lipinski definition) is 5. The first kappa shape index (κ1) is 20.7. The van der Waals surface area contributed by atoms with Crippen LogP contribution in [0, 0.1) is 5.92 Å². The van der Waals surface area contributed by atoms with Crippen molar-refractivity contribution in [2.45, 2.75) is 37.8 Å². The number of benzene rings is 1. The molecule has 0 amide bonds. The Labute approximate surface area is 147 Å². The van der Waals surface area contributed by atoms with Crippen LogP contribution in [0.4, 0.5) is 0 Å². The van der Waals surface area contributed by atoms with Crippen LogP contribution >= 0.6 is 11.6 Å². The third-order valence-electron chi connectivity index (χ3n) is 3.14. The third-order valence-corrected chi connectivity index (χ3v) is 4.84. The fourth-order valence-electron chi connectivity index (χ4n) is 1.98. The Morgan fingerprint density at radius 1 is 1.33 bits per heavy atom. The Balaban J connectivity index is 3.22. The second-order valence-electron chi connectivity index (χ2n) is 5.66. The molecule has 0 fully saturated rings. The Bertz CT molecular complexity index is 677. The highest BCUT2D eigenvalue weighted by molar-refractivity contribution is 7.89. The maximum atomic E-state index is 12.6. The predicted molar refractivity (Wildman–Crippen MR) is 90.0 cm³/mol. The zero-order chi connectivity index (χ0) is 18.5. The van der Waals surface area contributed by atoms with E-state index in [1.807, 2.05) is 0 Å². The van der Waals surface area contributed by atoms with Crippen LogP contribution in [0.5, 0.6) is 5.75 Å². The average molecular weight is 380 g/mol. The van der Waals surface area contributed by atoms with Crippen molar-refractivity contribution >= 4 is 27.6 Å². The van der Waals surface area contributed by atoms with E-state index in [-0.39, 0.29) is 22.3 Å². The van der Waals surface area contributed by atoms with E-state index in [9.17, 15) is 18.3 Å². The minimum Gasteiger partial charge on any atom is -0.487 e. The van der Waals surface area contributed by atoms with E-state index in [0.717, 1.165) is 0 Å². The first-order chi connectivity index (χ1) is 11.1. The molecule has 1 unspecified atom stereocenters. The van der Waals surface area contributed by atoms with Gasteiger partial charge in [-0.1, -0.05) is 25.4 Å². The zero-order valence-corrected chi connectivity index (χ0v) is 15.5. The van der Waals surface area contributed by atoms with Gasteiger partial charge in [-0.2, -0.15) is 4.72 Å². The first-order valence-corrected chi connectivity index (χ1v) is 9.15. The summed E-state index contributed by atoms with van der Waals surface area (Å²) in [4.78, 5) is 11.0. The van der Waals surface area contributed by atoms with Gasteiger partial charge in [0.1, 0.15) is 22.8 Å². The van der Waals surface area contributed by atoms with E-state index in [4.69, 9.17) is 21.1 Å². The molecule has 7 nitrogen and oxygen atoms in total. The molecule has 0 saturated heterocycles. The number of methoxy groups -OCH3 is 1. The zero-order valence-electron chi connectivity index (χ0n) is 13.9. The van der Waals surface area contributed by atoms with Crippen LogP contribution in [0.25, 0.3) is 0 Å². The van der Waals surface area contributed by atoms with Gasteiger partial charge >= 0.3 is 5.97 Å². The summed E-state index contributed by atoms with van der Waals surface area (Å²) in [6.45, 7) is 5.20. The molecule has 0 radical (unpaired) electrons. The van der Waals surface area contributed by atoms with Crippen molar-refractivity contribution in [3.8, 4) is 5.75 Å². The van der Waals surface area contributed by atoms with Gasteiger partial charge in [0, 0.05) is 12.1 Å². The number of carboxylic acid groups (broad SMARTS) is 1. The number of carboxylic acids is 1. The highest BCUT2D eigenvalue weighted by Gasteiger charge is 2.30. The van der Waals surface area contributed by atoms with E-state index in [1.165, 1.54) is 25.3 Å². The molecule has 136 valence electrons. The van der Waals surface area contributed by atoms with Crippen LogP contribution in [0.2, 0.25) is 5.02 Å². The lowest BCUT2D eigenvalue weighted by Crippen LogP contribution is -2.44. The smallest absolute Gasteiger partial charge is 0.322 e. The Kier molecular flexibility index (Phi) is 7.47. The maximum absolute atomic E-state index is 12.6. The normalized spacial score (nSPS) is 14.4. The summed E-state index contributed by atoms with van der Waals surface area (Å²) in [5, 5.41) is 9.39. The van der Waals surface area contributed by atoms with E-state index in [1.54, 1.807) is 20.8 Å². The van der Waals surface area contributed by atoms with Crippen molar-refractivity contribution in [1.82, 2.24) is 4.72 Å². The van der Waals surface area contributed by atoms with E-state index < -0.39 is 34.1 Å². The molecule has 0 aliphatic carbocycles. The van der Waals surface area contributed by atoms with Crippen molar-refractivity contribution in [2.75, 3.05) is 13.7 Å². The van der Waals surface area contributed by atoms with Crippen LogP contribution in [-0.2, 0) is 19.6 Å². The van der Waals surface area contributed by atoms with Gasteiger partial charge in [0.25, 0.3) is 0 Å². The molecule has 24 heavy (non-hydrogen) atoms. The van der Waals surface area contributed by atoms with E-state index in [0.29, 0.717) is 0 Å². The van der Waals surface area contributed by atoms with Gasteiger partial charge < -0.3 is 14.6 Å². The molecule has 1 rings (SSSR count). The molecule has 2 N–H and O–H groups in total. The van der Waals surface area contributed by atoms with Crippen molar-refractivity contribution < 1.29 is 27.8 Å². The molecule has 0 aromatic heterocycles. The summed E-state index contributed by atoms with van der Waals surface area (Å²) in [6, 6.07) is 2.87. The highest BCUT2D eigenvalue weighted by Crippen LogP contribution is 2.28. The molecule has 1 aromatic rings. The topological polar surface area (TPSA) is 102 Å². The number of nitrogens with one attached hydrogen (secondary N) is 1. The largest absolute Gasteiger partial charge is 0.487 e. The van der Waals surface area contributed by atoms with Crippen LogP contribution in [0.15, 0.2) is 23.1 Å². The lowest BCUT2D eigenvalue weighted by atomic mass is 10.1. The van der Waals surface area contributed by atoms with Crippen LogP contribution < -0.4 is 9.46 Å². The molecule has 0 saturated carbocycles. The monoisotopic (exact) mass is 379 g/mol. The Morgan fingerprint density at radius 3 is 2.46 bits per heavy atom. The van der Waals surface area contributed by atoms with Crippen LogP contribution in [0.1, 0.15) is 20.8 Å². The second kappa shape index (κ2) is 8.66. The minimum absolute atomic E-state index is 0.0735. The number of halogens is 1. The van der Waals surface area contributed by atoms with Gasteiger partial charge in [-0.15, -0.1) is 0 Å². The number of sulfonamides is 1. The Hall–Kier alpha value is -1.35. The molecule has 0 aliphatic rings. The van der Waals surface area contributed by atoms with Crippen molar-refractivity contribution in [3.05, 3.63) is 23.2 Å². The average Bonchev–Trinajstić information content (AvgIpc) is 2.46. The summed E-state index contributed by atoms with van der Waals surface area (Å²) < 4.78 is 38.0. The molecule has 0 aliphatic heterocycles. The van der Waals surface area contributed by atoms with Crippen LogP contribution in [-0.4, -0.2) is 45.4 Å². The van der Waals surface area contributed by atoms with Crippen molar-refractivity contribution in [1.29, 1.82) is 0 Å². The summed E-state index contributed by atoms with van der Waals surface area (Å²) in [5.74, 6) is -1.62. The third kappa shape index (κ3) is 5.62. The molecule has 9 heteroatoms. The molecule has 0 heterocycles. The summed E-state index contributed by atoms with van der Waals surface area (Å²) in [7, 11) is -2.64. The summed E-state index contributed by atoms with van der Waals surface area (Å²) >= 11 is 5.89. The van der Waals surface area contributed by atoms with Crippen LogP contribution in [0.3, 0.4) is 0 Å². The molecular formula is C15H22ClNO6S. The minimum atomic E-state index is -4.14. The standard InChI is InChI=1S/C15H22ClNO6S/c1-9(2)14(15(18)19)17-24(20,21)13-7-11(16)5-6-12(13)23-10(3)8-22-4/h5-7,9-10,14,17H,8H2,1-4H3,(H,18,19)/t10?,14-/m0/s1. The SMILES string of the molecule is COCC(C)Oc1ccc(Cl)cc1S(=O)(=O)N[C@H](C(=O)O)C(C)C. The first-order valence-electron chi connectivity index (χ1n) is 7.28. The van der Waals surface area contributed by atoms with Crippen molar-refractivity contribution in [2.24, 2.45) is 5.92 Å². The lowest BCUT2D eigenvalue weighted by Gasteiger charge is -2.21. The number of ether oxygens (including phenoxy) is 2. The van der Waals surface area contributed by atoms with Gasteiger partial charge in [0.05, 0.1) is 6.61 Å². The highest BCUT2D eigenvalue weighted by atomic mass is 35.5. The van der Waals surface area contributed by atoms with Gasteiger partial charge in [-0.25, -0.2) is 8.42 Å². The summed E-state index contributed by atoms with van der Waals surface area (Å²) in [6.07, 6.45) is -0.398. The van der Waals surface area contributed by atoms with Gasteiger partial charge in [0.2, 0.25) is 10.0 Å². The lowest BCUT2D eigenvalue weighted by molar-refractivity contribution is -0.140. The second-order valence-corrected chi connectivity index (χ2v) is 7.77. The maximum Gasteiger partial charge on any atom is 0.322 e. The van der Waals surface area contributed by atoms with Gasteiger partial charge in [-0.3, -0.25) is 4.79 Å². The summed E-state index contributed by atoms with van der Waals surface area (Å²) in [5.41, 5.74) is 0. The number of carbonyl (C=O) groups is 1.